The maximum atomic E-state index is 9.09. The van der Waals surface area contributed by atoms with Crippen LogP contribution < -0.4 is 4.74 Å². The molecule has 2 aromatic heterocycles. The third-order valence-corrected chi connectivity index (χ3v) is 4.42. The molecule has 5 aromatic rings. The van der Waals surface area contributed by atoms with Gasteiger partial charge in [-0.15, -0.1) is 0 Å². The van der Waals surface area contributed by atoms with Gasteiger partial charge in [0.2, 0.25) is 0 Å². The lowest BCUT2D eigenvalue weighted by molar-refractivity contribution is 0.306. The van der Waals surface area contributed by atoms with Crippen LogP contribution in [0.4, 0.5) is 0 Å². The molecule has 1 N–H and O–H groups in total. The van der Waals surface area contributed by atoms with Gasteiger partial charge in [0.15, 0.2) is 0 Å². The molecule has 0 aliphatic heterocycles. The number of rotatable bonds is 3. The van der Waals surface area contributed by atoms with Crippen LogP contribution in [-0.2, 0) is 6.61 Å². The van der Waals surface area contributed by atoms with E-state index in [1.54, 1.807) is 24.5 Å². The Labute approximate surface area is 169 Å². The van der Waals surface area contributed by atoms with Gasteiger partial charge in [0.25, 0.3) is 0 Å². The molecule has 0 radical (unpaired) electrons. The Hall–Kier alpha value is -3.92. The van der Waals surface area contributed by atoms with Gasteiger partial charge in [-0.2, -0.15) is 0 Å². The number of hydrogen-bond donors (Lipinski definition) is 1. The number of phenolic OH excluding ortho intramolecular Hbond substituents is 1. The van der Waals surface area contributed by atoms with Gasteiger partial charge in [0, 0.05) is 35.3 Å². The first kappa shape index (κ1) is 18.4. The smallest absolute Gasteiger partial charge is 0.122 e. The molecule has 0 bridgehead atoms. The SMILES string of the molecule is Oc1ccc2cccnc2c1.c1ccc(COc2ccc3cccnc3c2)cc1. The lowest BCUT2D eigenvalue weighted by atomic mass is 10.2. The molecule has 0 fully saturated rings. The van der Waals surface area contributed by atoms with Crippen LogP contribution in [0.3, 0.4) is 0 Å². The van der Waals surface area contributed by atoms with Crippen molar-refractivity contribution >= 4 is 21.8 Å². The maximum Gasteiger partial charge on any atom is 0.122 e. The first-order chi connectivity index (χ1) is 14.3. The van der Waals surface area contributed by atoms with Crippen LogP contribution in [0.5, 0.6) is 11.5 Å². The first-order valence-electron chi connectivity index (χ1n) is 9.33. The standard InChI is InChI=1S/C16H13NO.C9H7NO/c1-2-5-13(6-3-1)12-18-15-9-8-14-7-4-10-17-16(14)11-15;11-8-4-3-7-2-1-5-10-9(7)6-8/h1-11H,12H2;1-6,11H. The maximum absolute atomic E-state index is 9.09. The van der Waals surface area contributed by atoms with Crippen LogP contribution in [0.1, 0.15) is 5.56 Å². The molecule has 0 aliphatic carbocycles. The number of benzene rings is 3. The van der Waals surface area contributed by atoms with Crippen molar-refractivity contribution in [2.75, 3.05) is 0 Å². The number of fused-ring (bicyclic) bond motifs is 2. The van der Waals surface area contributed by atoms with Gasteiger partial charge in [-0.25, -0.2) is 0 Å². The van der Waals surface area contributed by atoms with E-state index in [9.17, 15) is 0 Å². The van der Waals surface area contributed by atoms with Crippen molar-refractivity contribution in [2.45, 2.75) is 6.61 Å². The first-order valence-corrected chi connectivity index (χ1v) is 9.33. The Morgan fingerprint density at radius 1 is 0.655 bits per heavy atom. The minimum atomic E-state index is 0.260. The molecule has 0 unspecified atom stereocenters. The van der Waals surface area contributed by atoms with Crippen LogP contribution in [0.25, 0.3) is 21.8 Å². The molecule has 2 heterocycles. The minimum absolute atomic E-state index is 0.260. The molecule has 4 heteroatoms. The van der Waals surface area contributed by atoms with Crippen molar-refractivity contribution in [1.82, 2.24) is 9.97 Å². The predicted molar refractivity (Wildman–Crippen MR) is 116 cm³/mol. The normalized spacial score (nSPS) is 10.3. The summed E-state index contributed by atoms with van der Waals surface area (Å²) >= 11 is 0. The summed E-state index contributed by atoms with van der Waals surface area (Å²) in [7, 11) is 0. The van der Waals surface area contributed by atoms with E-state index in [1.165, 1.54) is 5.56 Å². The lowest BCUT2D eigenvalue weighted by Gasteiger charge is -2.06. The summed E-state index contributed by atoms with van der Waals surface area (Å²) in [5, 5.41) is 11.3. The molecule has 29 heavy (non-hydrogen) atoms. The quantitative estimate of drug-likeness (QED) is 0.433. The van der Waals surface area contributed by atoms with Crippen molar-refractivity contribution in [3.05, 3.63) is 109 Å². The highest BCUT2D eigenvalue weighted by Gasteiger charge is 1.98. The highest BCUT2D eigenvalue weighted by Crippen LogP contribution is 2.19. The Bertz CT molecular complexity index is 1220. The molecular formula is C25H20N2O2. The van der Waals surface area contributed by atoms with Gasteiger partial charge in [0.1, 0.15) is 18.1 Å². The van der Waals surface area contributed by atoms with Crippen LogP contribution in [0.2, 0.25) is 0 Å². The Balaban J connectivity index is 0.000000159. The molecule has 5 rings (SSSR count). The fourth-order valence-electron chi connectivity index (χ4n) is 2.93. The number of hydrogen-bond acceptors (Lipinski definition) is 4. The van der Waals surface area contributed by atoms with Crippen LogP contribution in [0, 0.1) is 0 Å². The van der Waals surface area contributed by atoms with Gasteiger partial charge in [-0.05, 0) is 42.0 Å². The zero-order valence-electron chi connectivity index (χ0n) is 15.8. The molecule has 0 saturated heterocycles. The molecule has 142 valence electrons. The molecule has 3 aromatic carbocycles. The van der Waals surface area contributed by atoms with Gasteiger partial charge < -0.3 is 9.84 Å². The number of aromatic nitrogens is 2. The monoisotopic (exact) mass is 380 g/mol. The summed E-state index contributed by atoms with van der Waals surface area (Å²) in [6.07, 6.45) is 3.51. The summed E-state index contributed by atoms with van der Waals surface area (Å²) in [6, 6.07) is 29.1. The second-order valence-electron chi connectivity index (χ2n) is 6.51. The molecule has 0 aliphatic rings. The highest BCUT2D eigenvalue weighted by molar-refractivity contribution is 5.80. The summed E-state index contributed by atoms with van der Waals surface area (Å²) < 4.78 is 5.76. The molecule has 0 spiro atoms. The third-order valence-electron chi connectivity index (χ3n) is 4.42. The fraction of sp³-hybridized carbons (Fsp3) is 0.0400. The third kappa shape index (κ3) is 4.87. The molecule has 4 nitrogen and oxygen atoms in total. The van der Waals surface area contributed by atoms with E-state index in [1.807, 2.05) is 66.7 Å². The Morgan fingerprint density at radius 2 is 1.31 bits per heavy atom. The van der Waals surface area contributed by atoms with E-state index < -0.39 is 0 Å². The number of ether oxygens (including phenoxy) is 1. The van der Waals surface area contributed by atoms with Crippen LogP contribution in [-0.4, -0.2) is 15.1 Å². The van der Waals surface area contributed by atoms with Crippen molar-refractivity contribution in [3.63, 3.8) is 0 Å². The number of pyridine rings is 2. The van der Waals surface area contributed by atoms with Gasteiger partial charge in [-0.1, -0.05) is 42.5 Å². The second kappa shape index (κ2) is 8.85. The highest BCUT2D eigenvalue weighted by atomic mass is 16.5. The zero-order valence-corrected chi connectivity index (χ0v) is 15.8. The van der Waals surface area contributed by atoms with Crippen molar-refractivity contribution in [3.8, 4) is 11.5 Å². The number of phenols is 1. The molecular weight excluding hydrogens is 360 g/mol. The molecule has 0 saturated carbocycles. The van der Waals surface area contributed by atoms with Crippen molar-refractivity contribution < 1.29 is 9.84 Å². The zero-order chi connectivity index (χ0) is 19.9. The fourth-order valence-corrected chi connectivity index (χ4v) is 2.93. The predicted octanol–water partition coefficient (Wildman–Crippen LogP) is 5.75. The second-order valence-corrected chi connectivity index (χ2v) is 6.51. The van der Waals surface area contributed by atoms with Crippen molar-refractivity contribution in [1.29, 1.82) is 0 Å². The summed E-state index contributed by atoms with van der Waals surface area (Å²) in [4.78, 5) is 8.40. The van der Waals surface area contributed by atoms with E-state index in [0.717, 1.165) is 27.6 Å². The lowest BCUT2D eigenvalue weighted by Crippen LogP contribution is -1.94. The van der Waals surface area contributed by atoms with Crippen LogP contribution >= 0.6 is 0 Å². The minimum Gasteiger partial charge on any atom is -0.508 e. The molecule has 0 atom stereocenters. The van der Waals surface area contributed by atoms with Gasteiger partial charge in [-0.3, -0.25) is 9.97 Å². The average Bonchev–Trinajstić information content (AvgIpc) is 2.78. The van der Waals surface area contributed by atoms with E-state index in [-0.39, 0.29) is 5.75 Å². The van der Waals surface area contributed by atoms with E-state index in [4.69, 9.17) is 9.84 Å². The average molecular weight is 380 g/mol. The summed E-state index contributed by atoms with van der Waals surface area (Å²) in [6.45, 7) is 0.583. The summed E-state index contributed by atoms with van der Waals surface area (Å²) in [5.74, 6) is 1.11. The van der Waals surface area contributed by atoms with Gasteiger partial charge >= 0.3 is 0 Å². The number of aromatic hydroxyl groups is 1. The Morgan fingerprint density at radius 3 is 2.03 bits per heavy atom. The van der Waals surface area contributed by atoms with E-state index >= 15 is 0 Å². The van der Waals surface area contributed by atoms with Gasteiger partial charge in [0.05, 0.1) is 11.0 Å². The van der Waals surface area contributed by atoms with E-state index in [2.05, 4.69) is 22.1 Å². The number of nitrogens with zero attached hydrogens (tertiary/aromatic N) is 2. The molecule has 0 amide bonds. The van der Waals surface area contributed by atoms with E-state index in [0.29, 0.717) is 6.61 Å². The topological polar surface area (TPSA) is 55.2 Å². The largest absolute Gasteiger partial charge is 0.508 e. The van der Waals surface area contributed by atoms with Crippen molar-refractivity contribution in [2.24, 2.45) is 0 Å². The Kier molecular flexibility index (Phi) is 5.63. The van der Waals surface area contributed by atoms with Crippen LogP contribution in [0.15, 0.2) is 103 Å². The summed E-state index contributed by atoms with van der Waals surface area (Å²) in [5.41, 5.74) is 2.95.